The van der Waals surface area contributed by atoms with E-state index in [4.69, 9.17) is 18.9 Å². The number of esters is 3. The highest BCUT2D eigenvalue weighted by molar-refractivity contribution is 8.13. The van der Waals surface area contributed by atoms with Crippen LogP contribution >= 0.6 is 11.8 Å². The van der Waals surface area contributed by atoms with Crippen molar-refractivity contribution in [1.29, 1.82) is 0 Å². The fourth-order valence-corrected chi connectivity index (χ4v) is 3.23. The van der Waals surface area contributed by atoms with Gasteiger partial charge in [-0.1, -0.05) is 13.8 Å². The summed E-state index contributed by atoms with van der Waals surface area (Å²) in [5.41, 5.74) is 0. The first-order valence-electron chi connectivity index (χ1n) is 11.4. The van der Waals surface area contributed by atoms with E-state index in [1.807, 2.05) is 0 Å². The van der Waals surface area contributed by atoms with Gasteiger partial charge < -0.3 is 33.7 Å². The number of thioether (sulfide) groups is 1. The Morgan fingerprint density at radius 2 is 1.51 bits per heavy atom. The number of hydrogen-bond acceptors (Lipinski definition) is 13. The molecule has 1 atom stereocenters. The lowest BCUT2D eigenvalue weighted by Gasteiger charge is -2.26. The zero-order valence-electron chi connectivity index (χ0n) is 20.1. The first-order valence-corrected chi connectivity index (χ1v) is 12.3. The van der Waals surface area contributed by atoms with Crippen LogP contribution in [0.1, 0.15) is 39.5 Å². The van der Waals surface area contributed by atoms with E-state index in [1.54, 1.807) is 13.8 Å². The van der Waals surface area contributed by atoms with Gasteiger partial charge in [0.05, 0.1) is 19.8 Å². The summed E-state index contributed by atoms with van der Waals surface area (Å²) in [6.07, 6.45) is 0.635. The summed E-state index contributed by atoms with van der Waals surface area (Å²) >= 11 is 0.582. The molecule has 1 amide bonds. The van der Waals surface area contributed by atoms with Gasteiger partial charge in [-0.3, -0.25) is 14.5 Å². The van der Waals surface area contributed by atoms with E-state index in [-0.39, 0.29) is 25.2 Å². The molecule has 1 N–H and O–H groups in total. The molecule has 0 aliphatic carbocycles. The number of morpholine rings is 1. The molecule has 0 saturated carbocycles. The van der Waals surface area contributed by atoms with E-state index < -0.39 is 48.9 Å². The zero-order chi connectivity index (χ0) is 25.9. The van der Waals surface area contributed by atoms with Gasteiger partial charge in [0.1, 0.15) is 6.04 Å². The highest BCUT2D eigenvalue weighted by Gasteiger charge is 2.25. The molecule has 0 aromatic heterocycles. The molecule has 13 nitrogen and oxygen atoms in total. The van der Waals surface area contributed by atoms with E-state index in [0.717, 1.165) is 26.1 Å². The van der Waals surface area contributed by atoms with Crippen molar-refractivity contribution in [3.05, 3.63) is 0 Å². The first kappa shape index (κ1) is 30.5. The molecule has 1 aliphatic heterocycles. The molecule has 0 aromatic rings. The van der Waals surface area contributed by atoms with Crippen LogP contribution in [0.3, 0.4) is 0 Å². The van der Waals surface area contributed by atoms with Gasteiger partial charge in [0.25, 0.3) is 0 Å². The number of hydrogen-bond donors (Lipinski definition) is 1. The van der Waals surface area contributed by atoms with E-state index >= 15 is 0 Å². The molecule has 0 aromatic carbocycles. The Bertz CT molecular complexity index is 686. The largest absolute Gasteiger partial charge is 0.464 e. The molecular formula is C21H34N2O11S. The van der Waals surface area contributed by atoms with Crippen molar-refractivity contribution >= 4 is 41.1 Å². The molecule has 1 heterocycles. The van der Waals surface area contributed by atoms with E-state index in [2.05, 4.69) is 19.7 Å². The lowest BCUT2D eigenvalue weighted by Crippen LogP contribution is -2.44. The Labute approximate surface area is 208 Å². The average Bonchev–Trinajstić information content (AvgIpc) is 2.86. The molecule has 200 valence electrons. The number of nitrogens with one attached hydrogen (secondary N) is 1. The van der Waals surface area contributed by atoms with Crippen LogP contribution in [0.15, 0.2) is 0 Å². The lowest BCUT2D eigenvalue weighted by molar-refractivity contribution is -0.152. The van der Waals surface area contributed by atoms with Crippen LogP contribution in [0.5, 0.6) is 0 Å². The second kappa shape index (κ2) is 18.7. The maximum absolute atomic E-state index is 12.5. The molecule has 1 aliphatic rings. The van der Waals surface area contributed by atoms with Gasteiger partial charge in [0.15, 0.2) is 0 Å². The van der Waals surface area contributed by atoms with Crippen LogP contribution in [0.25, 0.3) is 0 Å². The molecule has 1 rings (SSSR count). The van der Waals surface area contributed by atoms with Crippen molar-refractivity contribution in [3.8, 4) is 0 Å². The third-order valence-electron chi connectivity index (χ3n) is 4.55. The number of carbonyl (C=O) groups excluding carboxylic acids is 5. The summed E-state index contributed by atoms with van der Waals surface area (Å²) in [4.78, 5) is 60.7. The van der Waals surface area contributed by atoms with Crippen molar-refractivity contribution in [3.63, 3.8) is 0 Å². The van der Waals surface area contributed by atoms with Gasteiger partial charge in [-0.15, -0.1) is 0 Å². The van der Waals surface area contributed by atoms with Crippen molar-refractivity contribution < 1.29 is 52.4 Å². The number of carbonyl (C=O) groups is 5. The fraction of sp³-hybridized carbons (Fsp3) is 0.762. The molecule has 0 spiro atoms. The number of alkyl carbamates (subject to hydrolysis) is 1. The smallest absolute Gasteiger partial charge is 0.410 e. The van der Waals surface area contributed by atoms with Crippen LogP contribution < -0.4 is 5.32 Å². The van der Waals surface area contributed by atoms with Crippen molar-refractivity contribution in [2.24, 2.45) is 0 Å². The summed E-state index contributed by atoms with van der Waals surface area (Å²) in [6.45, 7) is 6.12. The number of unbranched alkanes of at least 4 members (excludes halogenated alkanes) is 1. The Kier molecular flexibility index (Phi) is 16.3. The minimum atomic E-state index is -1.24. The molecule has 35 heavy (non-hydrogen) atoms. The quantitative estimate of drug-likeness (QED) is 0.143. The molecule has 14 heteroatoms. The maximum Gasteiger partial charge on any atom is 0.410 e. The topological polar surface area (TPSA) is 156 Å². The van der Waals surface area contributed by atoms with Crippen molar-refractivity contribution in [2.75, 3.05) is 58.8 Å². The summed E-state index contributed by atoms with van der Waals surface area (Å²) in [7, 11) is 0. The summed E-state index contributed by atoms with van der Waals surface area (Å²) in [6, 6.07) is -1.24. The second-order valence-electron chi connectivity index (χ2n) is 7.14. The van der Waals surface area contributed by atoms with Crippen LogP contribution in [0, 0.1) is 0 Å². The Hall–Kier alpha value is -2.58. The van der Waals surface area contributed by atoms with Gasteiger partial charge in [0.2, 0.25) is 13.6 Å². The van der Waals surface area contributed by atoms with Crippen LogP contribution in [0.4, 0.5) is 9.59 Å². The monoisotopic (exact) mass is 522 g/mol. The van der Waals surface area contributed by atoms with E-state index in [9.17, 15) is 24.0 Å². The molecular weight excluding hydrogens is 488 g/mol. The van der Waals surface area contributed by atoms with Gasteiger partial charge in [-0.05, 0) is 31.1 Å². The van der Waals surface area contributed by atoms with Gasteiger partial charge in [-0.2, -0.15) is 0 Å². The Balaban J connectivity index is 2.44. The second-order valence-corrected chi connectivity index (χ2v) is 8.09. The SMILES string of the molecule is CCC(=O)OCOC(=O)N[C@@H](CSC(=O)OCOC(=O)CC)C(=O)OCCCCN1CCOCC1. The standard InChI is InChI=1S/C21H34N2O11S/c1-3-17(24)31-14-33-20(27)22-16(13-35-21(28)34-15-32-18(25)4-2)19(26)30-10-6-5-7-23-8-11-29-12-9-23/h16H,3-15H2,1-2H3,(H,22,27)/t16-/m0/s1. The highest BCUT2D eigenvalue weighted by Crippen LogP contribution is 2.10. The zero-order valence-corrected chi connectivity index (χ0v) is 20.9. The van der Waals surface area contributed by atoms with Crippen LogP contribution in [0.2, 0.25) is 0 Å². The third-order valence-corrected chi connectivity index (χ3v) is 5.40. The maximum atomic E-state index is 12.5. The molecule has 1 saturated heterocycles. The molecule has 1 fully saturated rings. The van der Waals surface area contributed by atoms with Gasteiger partial charge in [0, 0.05) is 31.7 Å². The van der Waals surface area contributed by atoms with Crippen LogP contribution in [-0.4, -0.2) is 99.0 Å². The van der Waals surface area contributed by atoms with Gasteiger partial charge >= 0.3 is 29.3 Å². The fourth-order valence-electron chi connectivity index (χ4n) is 2.58. The third kappa shape index (κ3) is 15.1. The summed E-state index contributed by atoms with van der Waals surface area (Å²) in [5, 5.41) is 1.46. The van der Waals surface area contributed by atoms with Crippen molar-refractivity contribution in [1.82, 2.24) is 10.2 Å². The molecule has 0 unspecified atom stereocenters. The Morgan fingerprint density at radius 3 is 2.14 bits per heavy atom. The van der Waals surface area contributed by atoms with E-state index in [1.165, 1.54) is 0 Å². The molecule has 0 radical (unpaired) electrons. The summed E-state index contributed by atoms with van der Waals surface area (Å²) < 4.78 is 29.3. The number of rotatable bonds is 15. The predicted molar refractivity (Wildman–Crippen MR) is 122 cm³/mol. The number of amides is 1. The normalized spacial score (nSPS) is 14.3. The van der Waals surface area contributed by atoms with Crippen LogP contribution in [-0.2, 0) is 42.8 Å². The highest BCUT2D eigenvalue weighted by atomic mass is 32.2. The number of nitrogens with zero attached hydrogens (tertiary/aromatic N) is 1. The van der Waals surface area contributed by atoms with E-state index in [0.29, 0.717) is 31.4 Å². The average molecular weight is 523 g/mol. The Morgan fingerprint density at radius 1 is 0.886 bits per heavy atom. The minimum absolute atomic E-state index is 0.109. The number of ether oxygens (including phenoxy) is 6. The predicted octanol–water partition coefficient (Wildman–Crippen LogP) is 1.43. The minimum Gasteiger partial charge on any atom is -0.464 e. The molecule has 0 bridgehead atoms. The van der Waals surface area contributed by atoms with Gasteiger partial charge in [-0.25, -0.2) is 14.4 Å². The first-order chi connectivity index (χ1) is 16.8. The van der Waals surface area contributed by atoms with Crippen molar-refractivity contribution in [2.45, 2.75) is 45.6 Å². The summed E-state index contributed by atoms with van der Waals surface area (Å²) in [5.74, 6) is -2.09. The lowest BCUT2D eigenvalue weighted by atomic mass is 10.3.